The third-order valence-corrected chi connectivity index (χ3v) is 5.99. The summed E-state index contributed by atoms with van der Waals surface area (Å²) in [6.07, 6.45) is 5.72. The molecule has 8 heteroatoms. The first-order valence-corrected chi connectivity index (χ1v) is 10.6. The summed E-state index contributed by atoms with van der Waals surface area (Å²) in [4.78, 5) is 26.6. The molecule has 0 aliphatic heterocycles. The Balaban J connectivity index is 1.79. The minimum atomic E-state index is -2.92. The third-order valence-electron chi connectivity index (χ3n) is 4.78. The lowest BCUT2D eigenvalue weighted by atomic mass is 9.95. The predicted molar refractivity (Wildman–Crippen MR) is 109 cm³/mol. The standard InChI is InChI=1S/C21H24F2N2O3S/c1-2-3-12-24-19(27)17-15-6-4-5-7-16(15)29-20(17)25-18(26)13-8-10-14(11-9-13)28-21(22)23/h8-11,21H,2-7,12H2,1H3,(H,24,27)(H,25,26). The highest BCUT2D eigenvalue weighted by molar-refractivity contribution is 7.17. The molecule has 1 aliphatic carbocycles. The molecule has 0 unspecified atom stereocenters. The number of ether oxygens (including phenoxy) is 1. The Morgan fingerprint density at radius 3 is 2.55 bits per heavy atom. The zero-order valence-electron chi connectivity index (χ0n) is 16.2. The van der Waals surface area contributed by atoms with E-state index < -0.39 is 12.5 Å². The molecule has 1 aromatic heterocycles. The summed E-state index contributed by atoms with van der Waals surface area (Å²) < 4.78 is 28.8. The molecular weight excluding hydrogens is 398 g/mol. The van der Waals surface area contributed by atoms with Crippen LogP contribution in [0.15, 0.2) is 24.3 Å². The number of alkyl halides is 2. The number of aryl methyl sites for hydroxylation is 1. The van der Waals surface area contributed by atoms with Crippen molar-refractivity contribution in [2.75, 3.05) is 11.9 Å². The molecule has 2 aromatic rings. The lowest BCUT2D eigenvalue weighted by molar-refractivity contribution is -0.0498. The number of benzene rings is 1. The van der Waals surface area contributed by atoms with Gasteiger partial charge in [-0.15, -0.1) is 11.3 Å². The maximum atomic E-state index is 12.8. The number of fused-ring (bicyclic) bond motifs is 1. The second kappa shape index (κ2) is 9.82. The highest BCUT2D eigenvalue weighted by atomic mass is 32.1. The molecule has 1 heterocycles. The van der Waals surface area contributed by atoms with Gasteiger partial charge in [0.15, 0.2) is 0 Å². The summed E-state index contributed by atoms with van der Waals surface area (Å²) in [5.41, 5.74) is 1.90. The van der Waals surface area contributed by atoms with Crippen molar-refractivity contribution in [3.05, 3.63) is 45.8 Å². The Labute approximate surface area is 172 Å². The highest BCUT2D eigenvalue weighted by Gasteiger charge is 2.26. The molecule has 3 rings (SSSR count). The SMILES string of the molecule is CCCCNC(=O)c1c(NC(=O)c2ccc(OC(F)F)cc2)sc2c1CCCC2. The minimum absolute atomic E-state index is 0.0147. The van der Waals surface area contributed by atoms with E-state index in [1.54, 1.807) is 0 Å². The smallest absolute Gasteiger partial charge is 0.387 e. The van der Waals surface area contributed by atoms with Gasteiger partial charge in [-0.2, -0.15) is 8.78 Å². The minimum Gasteiger partial charge on any atom is -0.435 e. The number of rotatable bonds is 8. The van der Waals surface area contributed by atoms with Crippen molar-refractivity contribution in [2.45, 2.75) is 52.1 Å². The van der Waals surface area contributed by atoms with Crippen LogP contribution in [0.25, 0.3) is 0 Å². The number of thiophene rings is 1. The first kappa shape index (κ1) is 21.2. The predicted octanol–water partition coefficient (Wildman–Crippen LogP) is 5.01. The molecular formula is C21H24F2N2O3S. The monoisotopic (exact) mass is 422 g/mol. The van der Waals surface area contributed by atoms with Gasteiger partial charge in [-0.05, 0) is 61.9 Å². The van der Waals surface area contributed by atoms with E-state index in [0.29, 0.717) is 22.7 Å². The zero-order valence-corrected chi connectivity index (χ0v) is 17.0. The molecule has 0 saturated carbocycles. The van der Waals surface area contributed by atoms with Crippen molar-refractivity contribution in [3.63, 3.8) is 0 Å². The van der Waals surface area contributed by atoms with Crippen molar-refractivity contribution in [3.8, 4) is 5.75 Å². The molecule has 0 fully saturated rings. The number of amides is 2. The number of carbonyl (C=O) groups excluding carboxylic acids is 2. The second-order valence-corrected chi connectivity index (χ2v) is 7.99. The maximum Gasteiger partial charge on any atom is 0.387 e. The van der Waals surface area contributed by atoms with E-state index in [1.807, 2.05) is 0 Å². The molecule has 5 nitrogen and oxygen atoms in total. The van der Waals surface area contributed by atoms with Gasteiger partial charge in [0.2, 0.25) is 0 Å². The summed E-state index contributed by atoms with van der Waals surface area (Å²) in [7, 11) is 0. The van der Waals surface area contributed by atoms with Crippen LogP contribution in [0, 0.1) is 0 Å². The fourth-order valence-electron chi connectivity index (χ4n) is 3.32. The van der Waals surface area contributed by atoms with Gasteiger partial charge in [0.1, 0.15) is 10.8 Å². The number of unbranched alkanes of at least 4 members (excludes halogenated alkanes) is 1. The van der Waals surface area contributed by atoms with E-state index >= 15 is 0 Å². The highest BCUT2D eigenvalue weighted by Crippen LogP contribution is 2.38. The molecule has 0 bridgehead atoms. The molecule has 0 saturated heterocycles. The van der Waals surface area contributed by atoms with Crippen molar-refractivity contribution >= 4 is 28.2 Å². The quantitative estimate of drug-likeness (QED) is 0.588. The average Bonchev–Trinajstić information content (AvgIpc) is 3.06. The van der Waals surface area contributed by atoms with E-state index in [9.17, 15) is 18.4 Å². The Bertz CT molecular complexity index is 866. The summed E-state index contributed by atoms with van der Waals surface area (Å²) in [5.74, 6) is -0.567. The molecule has 0 radical (unpaired) electrons. The average molecular weight is 422 g/mol. The van der Waals surface area contributed by atoms with Crippen LogP contribution < -0.4 is 15.4 Å². The lowest BCUT2D eigenvalue weighted by Crippen LogP contribution is -2.26. The van der Waals surface area contributed by atoms with Gasteiger partial charge in [0.05, 0.1) is 5.56 Å². The fourth-order valence-corrected chi connectivity index (χ4v) is 4.61. The Kier molecular flexibility index (Phi) is 7.19. The maximum absolute atomic E-state index is 12.8. The lowest BCUT2D eigenvalue weighted by Gasteiger charge is -2.13. The third kappa shape index (κ3) is 5.32. The van der Waals surface area contributed by atoms with Gasteiger partial charge in [-0.3, -0.25) is 9.59 Å². The van der Waals surface area contributed by atoms with Gasteiger partial charge in [0.25, 0.3) is 11.8 Å². The molecule has 2 N–H and O–H groups in total. The van der Waals surface area contributed by atoms with E-state index in [0.717, 1.165) is 49.0 Å². The van der Waals surface area contributed by atoms with Gasteiger partial charge in [-0.25, -0.2) is 0 Å². The van der Waals surface area contributed by atoms with Crippen molar-refractivity contribution in [1.82, 2.24) is 5.32 Å². The molecule has 2 amide bonds. The molecule has 1 aromatic carbocycles. The largest absolute Gasteiger partial charge is 0.435 e. The Hall–Kier alpha value is -2.48. The first-order valence-electron chi connectivity index (χ1n) is 9.78. The van der Waals surface area contributed by atoms with Crippen LogP contribution in [0.3, 0.4) is 0 Å². The van der Waals surface area contributed by atoms with Crippen molar-refractivity contribution < 1.29 is 23.1 Å². The van der Waals surface area contributed by atoms with Gasteiger partial charge in [0, 0.05) is 17.0 Å². The van der Waals surface area contributed by atoms with Gasteiger partial charge >= 0.3 is 6.61 Å². The summed E-state index contributed by atoms with van der Waals surface area (Å²) >= 11 is 1.45. The van der Waals surface area contributed by atoms with E-state index in [4.69, 9.17) is 0 Å². The summed E-state index contributed by atoms with van der Waals surface area (Å²) in [5, 5.41) is 6.33. The molecule has 0 atom stereocenters. The van der Waals surface area contributed by atoms with Crippen LogP contribution >= 0.6 is 11.3 Å². The first-order chi connectivity index (χ1) is 14.0. The van der Waals surface area contributed by atoms with Gasteiger partial charge < -0.3 is 15.4 Å². The van der Waals surface area contributed by atoms with Crippen LogP contribution in [0.5, 0.6) is 5.75 Å². The molecule has 1 aliphatic rings. The van der Waals surface area contributed by atoms with E-state index in [2.05, 4.69) is 22.3 Å². The van der Waals surface area contributed by atoms with Crippen LogP contribution in [-0.4, -0.2) is 25.0 Å². The normalized spacial score (nSPS) is 13.1. The number of carbonyl (C=O) groups is 2. The number of nitrogens with one attached hydrogen (secondary N) is 2. The summed E-state index contributed by atoms with van der Waals surface area (Å²) in [6.45, 7) is -0.262. The van der Waals surface area contributed by atoms with E-state index in [1.165, 1.54) is 35.6 Å². The number of anilines is 1. The topological polar surface area (TPSA) is 67.4 Å². The van der Waals surface area contributed by atoms with Gasteiger partial charge in [-0.1, -0.05) is 13.3 Å². The van der Waals surface area contributed by atoms with Crippen LogP contribution in [-0.2, 0) is 12.8 Å². The zero-order chi connectivity index (χ0) is 20.8. The Morgan fingerprint density at radius 1 is 1.14 bits per heavy atom. The molecule has 29 heavy (non-hydrogen) atoms. The molecule has 0 spiro atoms. The van der Waals surface area contributed by atoms with Crippen LogP contribution in [0.2, 0.25) is 0 Å². The van der Waals surface area contributed by atoms with Crippen molar-refractivity contribution in [2.24, 2.45) is 0 Å². The fraction of sp³-hybridized carbons (Fsp3) is 0.429. The summed E-state index contributed by atoms with van der Waals surface area (Å²) in [6, 6.07) is 5.47. The number of hydrogen-bond donors (Lipinski definition) is 2. The van der Waals surface area contributed by atoms with Crippen LogP contribution in [0.4, 0.5) is 13.8 Å². The Morgan fingerprint density at radius 2 is 1.86 bits per heavy atom. The van der Waals surface area contributed by atoms with E-state index in [-0.39, 0.29) is 11.7 Å². The van der Waals surface area contributed by atoms with Crippen molar-refractivity contribution in [1.29, 1.82) is 0 Å². The number of hydrogen-bond acceptors (Lipinski definition) is 4. The number of halogens is 2. The second-order valence-electron chi connectivity index (χ2n) is 6.88. The van der Waals surface area contributed by atoms with Crippen LogP contribution in [0.1, 0.15) is 63.8 Å². The molecule has 156 valence electrons.